The van der Waals surface area contributed by atoms with E-state index in [-0.39, 0.29) is 41.5 Å². The number of carbonyl (C=O) groups is 2. The van der Waals surface area contributed by atoms with Gasteiger partial charge in [-0.05, 0) is 56.3 Å². The van der Waals surface area contributed by atoms with Crippen molar-refractivity contribution in [2.24, 2.45) is 5.73 Å². The molecule has 2 fully saturated rings. The van der Waals surface area contributed by atoms with Crippen molar-refractivity contribution in [2.45, 2.75) is 37.6 Å². The fraction of sp³-hybridized carbons (Fsp3) is 0.458. The van der Waals surface area contributed by atoms with E-state index in [9.17, 15) is 22.4 Å². The Morgan fingerprint density at radius 2 is 1.89 bits per heavy atom. The maximum Gasteiger partial charge on any atom is 0.238 e. The van der Waals surface area contributed by atoms with Crippen LogP contribution in [-0.2, 0) is 21.4 Å². The van der Waals surface area contributed by atoms with Gasteiger partial charge < -0.3 is 10.6 Å². The molecule has 9 nitrogen and oxygen atoms in total. The third kappa shape index (κ3) is 5.54. The van der Waals surface area contributed by atoms with E-state index in [0.717, 1.165) is 6.07 Å². The van der Waals surface area contributed by atoms with Crippen LogP contribution in [0.1, 0.15) is 35.8 Å². The van der Waals surface area contributed by atoms with E-state index in [4.69, 9.17) is 17.3 Å². The molecule has 2 aliphatic rings. The molecular weight excluding hydrogens is 509 g/mol. The molecule has 3 heterocycles. The molecule has 1 aromatic heterocycles. The first-order chi connectivity index (χ1) is 17.1. The Morgan fingerprint density at radius 3 is 2.44 bits per heavy atom. The van der Waals surface area contributed by atoms with Crippen molar-refractivity contribution in [1.82, 2.24) is 14.8 Å². The summed E-state index contributed by atoms with van der Waals surface area (Å²) < 4.78 is 42.7. The highest BCUT2D eigenvalue weighted by molar-refractivity contribution is 7.93. The summed E-state index contributed by atoms with van der Waals surface area (Å²) in [5, 5.41) is -0.820. The minimum absolute atomic E-state index is 0.0475. The summed E-state index contributed by atoms with van der Waals surface area (Å²) in [6, 6.07) is 7.20. The van der Waals surface area contributed by atoms with Crippen LogP contribution in [0.15, 0.2) is 36.5 Å². The van der Waals surface area contributed by atoms with Gasteiger partial charge in [-0.15, -0.1) is 0 Å². The molecule has 0 unspecified atom stereocenters. The van der Waals surface area contributed by atoms with E-state index in [1.165, 1.54) is 22.6 Å². The molecule has 194 valence electrons. The molecule has 1 amide bonds. The zero-order valence-electron chi connectivity index (χ0n) is 19.9. The number of sulfonamides is 1. The van der Waals surface area contributed by atoms with Crippen molar-refractivity contribution >= 4 is 39.0 Å². The maximum absolute atomic E-state index is 13.8. The number of ketones is 1. The Morgan fingerprint density at radius 1 is 1.19 bits per heavy atom. The number of carbonyl (C=O) groups excluding carboxylic acids is 2. The fourth-order valence-electron chi connectivity index (χ4n) is 4.58. The molecule has 36 heavy (non-hydrogen) atoms. The van der Waals surface area contributed by atoms with Crippen LogP contribution in [0.5, 0.6) is 0 Å². The lowest BCUT2D eigenvalue weighted by Gasteiger charge is -2.47. The summed E-state index contributed by atoms with van der Waals surface area (Å²) in [7, 11) is -3.86. The first kappa shape index (κ1) is 26.5. The van der Waals surface area contributed by atoms with Crippen LogP contribution in [0.4, 0.5) is 10.1 Å². The number of nitrogens with zero attached hydrogens (tertiary/aromatic N) is 4. The van der Waals surface area contributed by atoms with Crippen LogP contribution >= 0.6 is 11.6 Å². The van der Waals surface area contributed by atoms with Crippen LogP contribution in [0, 0.1) is 5.82 Å². The van der Waals surface area contributed by atoms with Crippen molar-refractivity contribution in [2.75, 3.05) is 37.0 Å². The predicted molar refractivity (Wildman–Crippen MR) is 135 cm³/mol. The molecule has 4 rings (SSSR count). The molecule has 0 atom stereocenters. The van der Waals surface area contributed by atoms with E-state index >= 15 is 0 Å². The average molecular weight is 538 g/mol. The normalized spacial score (nSPS) is 17.6. The van der Waals surface area contributed by atoms with Crippen molar-refractivity contribution in [1.29, 1.82) is 0 Å². The standard InChI is InChI=1S/C24H29ClFN5O4S/c1-16(32)30-14-20(15-30)29-8-6-21(7-9-29)36(34,35)31(19-4-5-23(26)22(25)10-19)13-18-3-2-17(12-28-18)24(33)11-27/h2-5,10,12,20-21H,6-9,11,13-15,27H2,1H3. The second kappa shape index (κ2) is 10.8. The monoisotopic (exact) mass is 537 g/mol. The Bertz CT molecular complexity index is 1230. The van der Waals surface area contributed by atoms with Crippen LogP contribution in [0.3, 0.4) is 0 Å². The number of anilines is 1. The highest BCUT2D eigenvalue weighted by atomic mass is 35.5. The van der Waals surface area contributed by atoms with Gasteiger partial charge in [0.25, 0.3) is 0 Å². The number of likely N-dealkylation sites (tertiary alicyclic amines) is 2. The van der Waals surface area contributed by atoms with E-state index in [1.54, 1.807) is 24.0 Å². The summed E-state index contributed by atoms with van der Waals surface area (Å²) in [4.78, 5) is 31.5. The van der Waals surface area contributed by atoms with Gasteiger partial charge in [0.2, 0.25) is 15.9 Å². The zero-order chi connectivity index (χ0) is 26.0. The molecule has 12 heteroatoms. The summed E-state index contributed by atoms with van der Waals surface area (Å²) in [6.45, 7) is 3.84. The Labute approximate surface area is 215 Å². The predicted octanol–water partition coefficient (Wildman–Crippen LogP) is 2.05. The molecule has 2 saturated heterocycles. The van der Waals surface area contributed by atoms with Gasteiger partial charge >= 0.3 is 0 Å². The molecule has 0 radical (unpaired) electrons. The number of rotatable bonds is 8. The highest BCUT2D eigenvalue weighted by Crippen LogP contribution is 2.31. The quantitative estimate of drug-likeness (QED) is 0.512. The lowest BCUT2D eigenvalue weighted by Crippen LogP contribution is -2.62. The third-order valence-corrected chi connectivity index (χ3v) is 9.42. The second-order valence-electron chi connectivity index (χ2n) is 9.13. The van der Waals surface area contributed by atoms with Gasteiger partial charge in [-0.3, -0.25) is 23.8 Å². The number of hydrogen-bond donors (Lipinski definition) is 1. The van der Waals surface area contributed by atoms with Crippen LogP contribution in [0.25, 0.3) is 0 Å². The van der Waals surface area contributed by atoms with E-state index in [0.29, 0.717) is 50.3 Å². The molecule has 0 aliphatic carbocycles. The molecule has 0 bridgehead atoms. The Hall–Kier alpha value is -2.60. The minimum atomic E-state index is -3.86. The number of nitrogens with two attached hydrogens (primary N) is 1. The van der Waals surface area contributed by atoms with E-state index < -0.39 is 21.1 Å². The Kier molecular flexibility index (Phi) is 7.93. The highest BCUT2D eigenvalue weighted by Gasteiger charge is 2.40. The molecule has 2 N–H and O–H groups in total. The van der Waals surface area contributed by atoms with Gasteiger partial charge in [0.15, 0.2) is 5.78 Å². The number of benzene rings is 1. The van der Waals surface area contributed by atoms with Crippen LogP contribution < -0.4 is 10.0 Å². The SMILES string of the molecule is CC(=O)N1CC(N2CCC(S(=O)(=O)N(Cc3ccc(C(=O)CN)cn3)c3ccc(F)c(Cl)c3)CC2)C1. The van der Waals surface area contributed by atoms with Crippen molar-refractivity contribution in [3.8, 4) is 0 Å². The van der Waals surface area contributed by atoms with Gasteiger partial charge in [-0.2, -0.15) is 0 Å². The summed E-state index contributed by atoms with van der Waals surface area (Å²) in [5.41, 5.74) is 6.40. The zero-order valence-corrected chi connectivity index (χ0v) is 21.5. The molecular formula is C24H29ClFN5O4S. The first-order valence-corrected chi connectivity index (χ1v) is 13.6. The molecule has 1 aromatic carbocycles. The first-order valence-electron chi connectivity index (χ1n) is 11.7. The Balaban J connectivity index is 1.53. The number of amides is 1. The molecule has 0 spiro atoms. The number of pyridine rings is 1. The largest absolute Gasteiger partial charge is 0.340 e. The summed E-state index contributed by atoms with van der Waals surface area (Å²) in [6.07, 6.45) is 2.23. The number of aromatic nitrogens is 1. The number of piperidine rings is 1. The van der Waals surface area contributed by atoms with Gasteiger partial charge in [-0.1, -0.05) is 11.6 Å². The lowest BCUT2D eigenvalue weighted by atomic mass is 10.0. The number of Topliss-reactive ketones (excluding diaryl/α,β-unsaturated/α-hetero) is 1. The van der Waals surface area contributed by atoms with Crippen molar-refractivity contribution in [3.05, 3.63) is 58.6 Å². The average Bonchev–Trinajstić information content (AvgIpc) is 2.83. The number of hydrogen-bond acceptors (Lipinski definition) is 7. The van der Waals surface area contributed by atoms with Gasteiger partial charge in [0, 0.05) is 37.8 Å². The van der Waals surface area contributed by atoms with E-state index in [2.05, 4.69) is 9.88 Å². The van der Waals surface area contributed by atoms with Crippen LogP contribution in [-0.4, -0.2) is 78.9 Å². The lowest BCUT2D eigenvalue weighted by molar-refractivity contribution is -0.136. The minimum Gasteiger partial charge on any atom is -0.340 e. The molecule has 2 aliphatic heterocycles. The van der Waals surface area contributed by atoms with Crippen molar-refractivity contribution < 1.29 is 22.4 Å². The van der Waals surface area contributed by atoms with Crippen molar-refractivity contribution in [3.63, 3.8) is 0 Å². The van der Waals surface area contributed by atoms with Gasteiger partial charge in [0.05, 0.1) is 34.7 Å². The fourth-order valence-corrected chi connectivity index (χ4v) is 6.64. The van der Waals surface area contributed by atoms with E-state index in [1.807, 2.05) is 0 Å². The smallest absolute Gasteiger partial charge is 0.238 e. The number of halogens is 2. The molecule has 0 saturated carbocycles. The van der Waals surface area contributed by atoms with Gasteiger partial charge in [0.1, 0.15) is 5.82 Å². The van der Waals surface area contributed by atoms with Crippen LogP contribution in [0.2, 0.25) is 5.02 Å². The third-order valence-electron chi connectivity index (χ3n) is 6.86. The molecule has 2 aromatic rings. The van der Waals surface area contributed by atoms with Gasteiger partial charge in [-0.25, -0.2) is 12.8 Å². The topological polar surface area (TPSA) is 117 Å². The second-order valence-corrected chi connectivity index (χ2v) is 11.7. The summed E-state index contributed by atoms with van der Waals surface area (Å²) in [5.74, 6) is -0.867. The summed E-state index contributed by atoms with van der Waals surface area (Å²) >= 11 is 5.98. The maximum atomic E-state index is 13.8.